The summed E-state index contributed by atoms with van der Waals surface area (Å²) in [6.45, 7) is 2.40. The fraction of sp³-hybridized carbons (Fsp3) is 0.500. The van der Waals surface area contributed by atoms with Crippen molar-refractivity contribution in [3.05, 3.63) is 24.3 Å². The van der Waals surface area contributed by atoms with Crippen LogP contribution < -0.4 is 14.8 Å². The number of methoxy groups -OCH3 is 1. The molecular weight excluding hydrogens is 246 g/mol. The van der Waals surface area contributed by atoms with E-state index in [0.717, 1.165) is 12.2 Å². The third-order valence-electron chi connectivity index (χ3n) is 2.63. The molecule has 19 heavy (non-hydrogen) atoms. The predicted octanol–water partition coefficient (Wildman–Crippen LogP) is 1.35. The highest BCUT2D eigenvalue weighted by Crippen LogP contribution is 2.18. The molecule has 0 radical (unpaired) electrons. The highest BCUT2D eigenvalue weighted by molar-refractivity contribution is 5.80. The Kier molecular flexibility index (Phi) is 6.74. The molecule has 0 aromatic heterocycles. The number of hydrogen-bond acceptors (Lipinski definition) is 4. The number of aliphatic hydroxyl groups is 1. The van der Waals surface area contributed by atoms with Crippen LogP contribution in [0.5, 0.6) is 11.5 Å². The minimum Gasteiger partial charge on any atom is -0.497 e. The quantitative estimate of drug-likeness (QED) is 0.698. The Morgan fingerprint density at radius 1 is 1.26 bits per heavy atom. The number of unbranched alkanes of at least 4 members (excludes halogenated alkanes) is 1. The largest absolute Gasteiger partial charge is 0.497 e. The molecule has 0 saturated heterocycles. The fourth-order valence-electron chi connectivity index (χ4n) is 1.50. The fourth-order valence-corrected chi connectivity index (χ4v) is 1.50. The molecular formula is C14H21NO4. The SMILES string of the molecule is COc1ccc(OC(C)C(=O)NCCCCO)cc1. The van der Waals surface area contributed by atoms with Gasteiger partial charge in [-0.1, -0.05) is 0 Å². The first-order chi connectivity index (χ1) is 9.17. The lowest BCUT2D eigenvalue weighted by atomic mass is 10.3. The summed E-state index contributed by atoms with van der Waals surface area (Å²) in [5.74, 6) is 1.21. The Morgan fingerprint density at radius 3 is 2.47 bits per heavy atom. The molecule has 5 heteroatoms. The molecule has 0 fully saturated rings. The summed E-state index contributed by atoms with van der Waals surface area (Å²) in [6.07, 6.45) is 0.897. The molecule has 1 aromatic carbocycles. The summed E-state index contributed by atoms with van der Waals surface area (Å²) in [4.78, 5) is 11.7. The summed E-state index contributed by atoms with van der Waals surface area (Å²) in [6, 6.07) is 7.07. The number of carbonyl (C=O) groups excluding carboxylic acids is 1. The number of benzene rings is 1. The van der Waals surface area contributed by atoms with Crippen molar-refractivity contribution in [2.24, 2.45) is 0 Å². The maximum absolute atomic E-state index is 11.7. The number of carbonyl (C=O) groups is 1. The van der Waals surface area contributed by atoms with Crippen molar-refractivity contribution in [1.29, 1.82) is 0 Å². The van der Waals surface area contributed by atoms with Gasteiger partial charge in [0, 0.05) is 13.2 Å². The maximum Gasteiger partial charge on any atom is 0.260 e. The molecule has 0 heterocycles. The number of aliphatic hydroxyl groups excluding tert-OH is 1. The zero-order chi connectivity index (χ0) is 14.1. The van der Waals surface area contributed by atoms with Gasteiger partial charge < -0.3 is 19.9 Å². The van der Waals surface area contributed by atoms with Crippen LogP contribution in [0, 0.1) is 0 Å². The van der Waals surface area contributed by atoms with Crippen LogP contribution in [-0.2, 0) is 4.79 Å². The van der Waals surface area contributed by atoms with Crippen molar-refractivity contribution in [2.75, 3.05) is 20.3 Å². The molecule has 106 valence electrons. The molecule has 1 rings (SSSR count). The Morgan fingerprint density at radius 2 is 1.89 bits per heavy atom. The molecule has 0 bridgehead atoms. The second kappa shape index (κ2) is 8.37. The molecule has 5 nitrogen and oxygen atoms in total. The van der Waals surface area contributed by atoms with Crippen LogP contribution in [0.25, 0.3) is 0 Å². The van der Waals surface area contributed by atoms with Gasteiger partial charge in [0.2, 0.25) is 0 Å². The van der Waals surface area contributed by atoms with Gasteiger partial charge in [-0.2, -0.15) is 0 Å². The van der Waals surface area contributed by atoms with Crippen LogP contribution in [0.1, 0.15) is 19.8 Å². The van der Waals surface area contributed by atoms with Gasteiger partial charge in [-0.25, -0.2) is 0 Å². The van der Waals surface area contributed by atoms with E-state index in [9.17, 15) is 4.79 Å². The van der Waals surface area contributed by atoms with Crippen molar-refractivity contribution in [3.63, 3.8) is 0 Å². The minimum absolute atomic E-state index is 0.147. The van der Waals surface area contributed by atoms with E-state index >= 15 is 0 Å². The average Bonchev–Trinajstić information content (AvgIpc) is 2.44. The van der Waals surface area contributed by atoms with Crippen LogP contribution in [0.3, 0.4) is 0 Å². The number of amides is 1. The summed E-state index contributed by atoms with van der Waals surface area (Å²) >= 11 is 0. The lowest BCUT2D eigenvalue weighted by molar-refractivity contribution is -0.127. The van der Waals surface area contributed by atoms with Crippen LogP contribution in [-0.4, -0.2) is 37.4 Å². The van der Waals surface area contributed by atoms with E-state index < -0.39 is 6.10 Å². The van der Waals surface area contributed by atoms with Crippen LogP contribution in [0.2, 0.25) is 0 Å². The smallest absolute Gasteiger partial charge is 0.260 e. The monoisotopic (exact) mass is 267 g/mol. The predicted molar refractivity (Wildman–Crippen MR) is 72.4 cm³/mol. The van der Waals surface area contributed by atoms with Crippen molar-refractivity contribution >= 4 is 5.91 Å². The Bertz CT molecular complexity index is 378. The van der Waals surface area contributed by atoms with E-state index in [-0.39, 0.29) is 12.5 Å². The van der Waals surface area contributed by atoms with E-state index in [4.69, 9.17) is 14.6 Å². The lowest BCUT2D eigenvalue weighted by Gasteiger charge is -2.14. The van der Waals surface area contributed by atoms with Gasteiger partial charge >= 0.3 is 0 Å². The van der Waals surface area contributed by atoms with Gasteiger partial charge in [0.15, 0.2) is 6.10 Å². The van der Waals surface area contributed by atoms with Crippen LogP contribution in [0.15, 0.2) is 24.3 Å². The second-order valence-electron chi connectivity index (χ2n) is 4.16. The number of hydrogen-bond donors (Lipinski definition) is 2. The zero-order valence-corrected chi connectivity index (χ0v) is 11.4. The van der Waals surface area contributed by atoms with E-state index in [1.54, 1.807) is 38.3 Å². The van der Waals surface area contributed by atoms with Crippen LogP contribution >= 0.6 is 0 Å². The standard InChI is InChI=1S/C14H21NO4/c1-11(14(17)15-9-3-4-10-16)19-13-7-5-12(18-2)6-8-13/h5-8,11,16H,3-4,9-10H2,1-2H3,(H,15,17). The molecule has 2 N–H and O–H groups in total. The Hall–Kier alpha value is -1.75. The summed E-state index contributed by atoms with van der Waals surface area (Å²) in [5.41, 5.74) is 0. The first-order valence-corrected chi connectivity index (χ1v) is 6.36. The third-order valence-corrected chi connectivity index (χ3v) is 2.63. The van der Waals surface area contributed by atoms with E-state index in [1.807, 2.05) is 0 Å². The van der Waals surface area contributed by atoms with Crippen molar-refractivity contribution in [3.8, 4) is 11.5 Å². The molecule has 0 aliphatic heterocycles. The molecule has 0 aliphatic rings. The lowest BCUT2D eigenvalue weighted by Crippen LogP contribution is -2.36. The topological polar surface area (TPSA) is 67.8 Å². The normalized spacial score (nSPS) is 11.7. The summed E-state index contributed by atoms with van der Waals surface area (Å²) in [5, 5.41) is 11.4. The number of nitrogens with one attached hydrogen (secondary N) is 1. The molecule has 1 unspecified atom stereocenters. The molecule has 1 aromatic rings. The van der Waals surface area contributed by atoms with E-state index in [0.29, 0.717) is 18.7 Å². The second-order valence-corrected chi connectivity index (χ2v) is 4.16. The average molecular weight is 267 g/mol. The first kappa shape index (κ1) is 15.3. The zero-order valence-electron chi connectivity index (χ0n) is 11.4. The first-order valence-electron chi connectivity index (χ1n) is 6.36. The molecule has 0 aliphatic carbocycles. The number of rotatable bonds is 8. The molecule has 1 atom stereocenters. The van der Waals surface area contributed by atoms with E-state index in [2.05, 4.69) is 5.32 Å². The molecule has 1 amide bonds. The number of ether oxygens (including phenoxy) is 2. The summed E-state index contributed by atoms with van der Waals surface area (Å²) in [7, 11) is 1.60. The van der Waals surface area contributed by atoms with Gasteiger partial charge in [0.05, 0.1) is 7.11 Å². The van der Waals surface area contributed by atoms with Crippen molar-refractivity contribution < 1.29 is 19.4 Å². The van der Waals surface area contributed by atoms with Gasteiger partial charge in [-0.3, -0.25) is 4.79 Å². The van der Waals surface area contributed by atoms with Gasteiger partial charge in [0.25, 0.3) is 5.91 Å². The van der Waals surface area contributed by atoms with Crippen LogP contribution in [0.4, 0.5) is 0 Å². The Labute approximate surface area is 113 Å². The van der Waals surface area contributed by atoms with Crippen molar-refractivity contribution in [2.45, 2.75) is 25.9 Å². The van der Waals surface area contributed by atoms with Gasteiger partial charge in [0.1, 0.15) is 11.5 Å². The minimum atomic E-state index is -0.553. The van der Waals surface area contributed by atoms with Crippen molar-refractivity contribution in [1.82, 2.24) is 5.32 Å². The van der Waals surface area contributed by atoms with Gasteiger partial charge in [-0.15, -0.1) is 0 Å². The van der Waals surface area contributed by atoms with Gasteiger partial charge in [-0.05, 0) is 44.0 Å². The highest BCUT2D eigenvalue weighted by atomic mass is 16.5. The molecule has 0 spiro atoms. The Balaban J connectivity index is 2.35. The maximum atomic E-state index is 11.7. The van der Waals surface area contributed by atoms with E-state index in [1.165, 1.54) is 0 Å². The highest BCUT2D eigenvalue weighted by Gasteiger charge is 2.13. The summed E-state index contributed by atoms with van der Waals surface area (Å²) < 4.78 is 10.6. The molecule has 0 saturated carbocycles. The third kappa shape index (κ3) is 5.61.